The number of aryl methyl sites for hydroxylation is 1. The van der Waals surface area contributed by atoms with Crippen LogP contribution in [0.15, 0.2) is 41.3 Å². The number of benzene rings is 1. The van der Waals surface area contributed by atoms with Crippen molar-refractivity contribution in [2.75, 3.05) is 18.0 Å². The summed E-state index contributed by atoms with van der Waals surface area (Å²) in [5.41, 5.74) is 1.74. The molecule has 25 heavy (non-hydrogen) atoms. The van der Waals surface area contributed by atoms with Gasteiger partial charge in [0.1, 0.15) is 11.6 Å². The maximum atomic E-state index is 12.7. The molecule has 2 heterocycles. The Balaban J connectivity index is 1.80. The lowest BCUT2D eigenvalue weighted by atomic mass is 10.1. The fourth-order valence-corrected chi connectivity index (χ4v) is 3.01. The fraction of sp³-hybridized carbons (Fsp3) is 0.278. The predicted octanol–water partition coefficient (Wildman–Crippen LogP) is 2.21. The third-order valence-electron chi connectivity index (χ3n) is 4.30. The molecule has 0 aliphatic carbocycles. The van der Waals surface area contributed by atoms with E-state index in [0.717, 1.165) is 11.3 Å². The van der Waals surface area contributed by atoms with Crippen LogP contribution >= 0.6 is 11.6 Å². The number of carbonyl (C=O) groups excluding carboxylic acids is 2. The standard InChI is InChI=1S/C18H18ClN3O3/c1-11-3-5-14(6-4-11)22-9-12(2)21(10-16(22)23)18(25)13-7-15(19)17(24)20-8-13/h3-8,12H,9-10H2,1-2H3,(H,20,24). The van der Waals surface area contributed by atoms with Gasteiger partial charge in [0.2, 0.25) is 5.91 Å². The topological polar surface area (TPSA) is 73.5 Å². The van der Waals surface area contributed by atoms with Gasteiger partial charge in [-0.2, -0.15) is 0 Å². The molecule has 130 valence electrons. The van der Waals surface area contributed by atoms with Gasteiger partial charge in [-0.05, 0) is 32.0 Å². The number of halogens is 1. The smallest absolute Gasteiger partial charge is 0.266 e. The van der Waals surface area contributed by atoms with Crippen LogP contribution in [-0.4, -0.2) is 40.8 Å². The minimum Gasteiger partial charge on any atom is -0.327 e. The van der Waals surface area contributed by atoms with Gasteiger partial charge in [0.25, 0.3) is 11.5 Å². The number of carbonyl (C=O) groups is 2. The van der Waals surface area contributed by atoms with Crippen LogP contribution in [-0.2, 0) is 4.79 Å². The molecule has 2 amide bonds. The lowest BCUT2D eigenvalue weighted by Gasteiger charge is -2.39. The second-order valence-corrected chi connectivity index (χ2v) is 6.59. The quantitative estimate of drug-likeness (QED) is 0.893. The number of anilines is 1. The van der Waals surface area contributed by atoms with E-state index in [4.69, 9.17) is 11.6 Å². The van der Waals surface area contributed by atoms with Crippen molar-refractivity contribution in [2.45, 2.75) is 19.9 Å². The van der Waals surface area contributed by atoms with E-state index in [1.165, 1.54) is 17.2 Å². The van der Waals surface area contributed by atoms with Crippen LogP contribution in [0, 0.1) is 6.92 Å². The van der Waals surface area contributed by atoms with E-state index in [1.54, 1.807) is 4.90 Å². The molecule has 0 radical (unpaired) electrons. The zero-order chi connectivity index (χ0) is 18.1. The van der Waals surface area contributed by atoms with Crippen molar-refractivity contribution in [3.05, 3.63) is 63.0 Å². The summed E-state index contributed by atoms with van der Waals surface area (Å²) in [7, 11) is 0. The number of aromatic amines is 1. The summed E-state index contributed by atoms with van der Waals surface area (Å²) in [6, 6.07) is 8.86. The molecule has 6 nitrogen and oxygen atoms in total. The molecule has 1 unspecified atom stereocenters. The fourth-order valence-electron chi connectivity index (χ4n) is 2.84. The van der Waals surface area contributed by atoms with E-state index in [2.05, 4.69) is 4.98 Å². The number of hydrogen-bond acceptors (Lipinski definition) is 3. The van der Waals surface area contributed by atoms with Gasteiger partial charge >= 0.3 is 0 Å². The van der Waals surface area contributed by atoms with Crippen LogP contribution in [0.2, 0.25) is 5.02 Å². The first kappa shape index (κ1) is 17.2. The van der Waals surface area contributed by atoms with Gasteiger partial charge in [-0.25, -0.2) is 0 Å². The molecule has 0 saturated carbocycles. The van der Waals surface area contributed by atoms with Crippen molar-refractivity contribution >= 4 is 29.1 Å². The minimum atomic E-state index is -0.452. The van der Waals surface area contributed by atoms with Crippen molar-refractivity contribution < 1.29 is 9.59 Å². The largest absolute Gasteiger partial charge is 0.327 e. The van der Waals surface area contributed by atoms with Gasteiger partial charge in [-0.3, -0.25) is 14.4 Å². The lowest BCUT2D eigenvalue weighted by Crippen LogP contribution is -2.57. The molecule has 1 fully saturated rings. The van der Waals surface area contributed by atoms with Gasteiger partial charge in [0.05, 0.1) is 5.56 Å². The van der Waals surface area contributed by atoms with E-state index in [1.807, 2.05) is 38.1 Å². The Bertz CT molecular complexity index is 876. The molecule has 3 rings (SSSR count). The van der Waals surface area contributed by atoms with E-state index in [9.17, 15) is 14.4 Å². The molecule has 1 aliphatic heterocycles. The highest BCUT2D eigenvalue weighted by Crippen LogP contribution is 2.22. The highest BCUT2D eigenvalue weighted by Gasteiger charge is 2.33. The number of nitrogens with zero attached hydrogens (tertiary/aromatic N) is 2. The molecule has 1 atom stereocenters. The maximum Gasteiger partial charge on any atom is 0.266 e. The zero-order valence-corrected chi connectivity index (χ0v) is 14.7. The maximum absolute atomic E-state index is 12.7. The van der Waals surface area contributed by atoms with Crippen LogP contribution in [0.3, 0.4) is 0 Å². The average Bonchev–Trinajstić information content (AvgIpc) is 2.59. The first-order chi connectivity index (χ1) is 11.9. The van der Waals surface area contributed by atoms with Crippen molar-refractivity contribution in [1.82, 2.24) is 9.88 Å². The summed E-state index contributed by atoms with van der Waals surface area (Å²) < 4.78 is 0. The molecule has 1 aromatic heterocycles. The van der Waals surface area contributed by atoms with E-state index in [-0.39, 0.29) is 35.0 Å². The molecular weight excluding hydrogens is 342 g/mol. The first-order valence-electron chi connectivity index (χ1n) is 7.93. The molecule has 1 N–H and O–H groups in total. The molecule has 1 aromatic carbocycles. The average molecular weight is 360 g/mol. The summed E-state index contributed by atoms with van der Waals surface area (Å²) in [6.07, 6.45) is 1.32. The van der Waals surface area contributed by atoms with Gasteiger partial charge < -0.3 is 14.8 Å². The third kappa shape index (κ3) is 3.44. The van der Waals surface area contributed by atoms with Gasteiger partial charge in [0, 0.05) is 24.5 Å². The summed E-state index contributed by atoms with van der Waals surface area (Å²) >= 11 is 5.79. The number of nitrogens with one attached hydrogen (secondary N) is 1. The summed E-state index contributed by atoms with van der Waals surface area (Å²) in [4.78, 5) is 42.2. The zero-order valence-electron chi connectivity index (χ0n) is 14.0. The predicted molar refractivity (Wildman–Crippen MR) is 96.1 cm³/mol. The number of pyridine rings is 1. The molecule has 2 aromatic rings. The SMILES string of the molecule is Cc1ccc(N2CC(C)N(C(=O)c3c[nH]c(=O)c(Cl)c3)CC2=O)cc1. The summed E-state index contributed by atoms with van der Waals surface area (Å²) in [5, 5.41) is -0.0527. The Morgan fingerprint density at radius 3 is 2.56 bits per heavy atom. The van der Waals surface area contributed by atoms with Crippen LogP contribution in [0.25, 0.3) is 0 Å². The molecule has 1 aliphatic rings. The van der Waals surface area contributed by atoms with Gasteiger partial charge in [0.15, 0.2) is 0 Å². The van der Waals surface area contributed by atoms with E-state index >= 15 is 0 Å². The van der Waals surface area contributed by atoms with Crippen LogP contribution in [0.5, 0.6) is 0 Å². The lowest BCUT2D eigenvalue weighted by molar-refractivity contribution is -0.121. The van der Waals surface area contributed by atoms with Crippen molar-refractivity contribution in [1.29, 1.82) is 0 Å². The summed E-state index contributed by atoms with van der Waals surface area (Å²) in [6.45, 7) is 4.26. The van der Waals surface area contributed by atoms with Crippen molar-refractivity contribution in [3.63, 3.8) is 0 Å². The Labute approximate surface area is 150 Å². The Morgan fingerprint density at radius 2 is 1.92 bits per heavy atom. The number of piperazine rings is 1. The molecule has 1 saturated heterocycles. The molecule has 7 heteroatoms. The second kappa shape index (κ2) is 6.72. The number of aromatic nitrogens is 1. The Kier molecular flexibility index (Phi) is 4.63. The number of amides is 2. The minimum absolute atomic E-state index is 0.0232. The molecular formula is C18H18ClN3O3. The number of H-pyrrole nitrogens is 1. The van der Waals surface area contributed by atoms with Gasteiger partial charge in [-0.15, -0.1) is 0 Å². The van der Waals surface area contributed by atoms with E-state index in [0.29, 0.717) is 6.54 Å². The normalized spacial score (nSPS) is 17.7. The second-order valence-electron chi connectivity index (χ2n) is 6.19. The van der Waals surface area contributed by atoms with Crippen LogP contribution in [0.1, 0.15) is 22.8 Å². The molecule has 0 spiro atoms. The Hall–Kier alpha value is -2.60. The number of rotatable bonds is 2. The Morgan fingerprint density at radius 1 is 1.24 bits per heavy atom. The van der Waals surface area contributed by atoms with Crippen molar-refractivity contribution in [3.8, 4) is 0 Å². The summed E-state index contributed by atoms with van der Waals surface area (Å²) in [5.74, 6) is -0.478. The van der Waals surface area contributed by atoms with Crippen molar-refractivity contribution in [2.24, 2.45) is 0 Å². The monoisotopic (exact) mass is 359 g/mol. The highest BCUT2D eigenvalue weighted by atomic mass is 35.5. The van der Waals surface area contributed by atoms with E-state index < -0.39 is 5.56 Å². The third-order valence-corrected chi connectivity index (χ3v) is 4.58. The van der Waals surface area contributed by atoms with Crippen LogP contribution in [0.4, 0.5) is 5.69 Å². The first-order valence-corrected chi connectivity index (χ1v) is 8.31. The molecule has 0 bridgehead atoms. The van der Waals surface area contributed by atoms with Gasteiger partial charge in [-0.1, -0.05) is 29.3 Å². The van der Waals surface area contributed by atoms with Crippen LogP contribution < -0.4 is 10.5 Å². The highest BCUT2D eigenvalue weighted by molar-refractivity contribution is 6.30. The number of hydrogen-bond donors (Lipinski definition) is 1.